The normalized spacial score (nSPS) is 14.5. The largest absolute Gasteiger partial charge is 0.497 e. The van der Waals surface area contributed by atoms with Crippen molar-refractivity contribution in [3.63, 3.8) is 0 Å². The minimum Gasteiger partial charge on any atom is -0.497 e. The number of sulfonamides is 1. The maximum Gasteiger partial charge on any atom is 0.269 e. The average Bonchev–Trinajstić information content (AvgIpc) is 3.21. The van der Waals surface area contributed by atoms with Crippen molar-refractivity contribution < 1.29 is 37.5 Å². The van der Waals surface area contributed by atoms with E-state index < -0.39 is 45.5 Å². The number of carbonyl (C=O) groups is 2. The number of rotatable bonds is 12. The molecule has 1 aliphatic heterocycles. The molecule has 0 saturated heterocycles. The molecule has 1 N–H and O–H groups in total. The molecule has 0 fully saturated rings. The maximum absolute atomic E-state index is 14.0. The monoisotopic (exact) mass is 581 g/mol. The second-order valence-electron chi connectivity index (χ2n) is 9.04. The molecule has 41 heavy (non-hydrogen) atoms. The van der Waals surface area contributed by atoms with E-state index in [-0.39, 0.29) is 28.3 Å². The molecular formula is C28H27N3O9S. The molecule has 2 atom stereocenters. The Labute approximate surface area is 236 Å². The van der Waals surface area contributed by atoms with Crippen molar-refractivity contribution >= 4 is 27.5 Å². The fraction of sp³-hybridized carbons (Fsp3) is 0.214. The van der Waals surface area contributed by atoms with E-state index in [0.717, 1.165) is 33.5 Å². The van der Waals surface area contributed by atoms with Crippen LogP contribution >= 0.6 is 0 Å². The number of β-amino-alcohol motifs (C(OH)–C–C–N with tert-alkyl or cyclic N) is 1. The van der Waals surface area contributed by atoms with Gasteiger partial charge in [0, 0.05) is 30.3 Å². The van der Waals surface area contributed by atoms with Gasteiger partial charge < -0.3 is 14.6 Å². The van der Waals surface area contributed by atoms with Crippen molar-refractivity contribution in [2.24, 2.45) is 0 Å². The van der Waals surface area contributed by atoms with E-state index in [9.17, 15) is 33.2 Å². The van der Waals surface area contributed by atoms with Crippen LogP contribution in [0, 0.1) is 10.1 Å². The van der Waals surface area contributed by atoms with Gasteiger partial charge in [-0.1, -0.05) is 24.3 Å². The number of nitro groups is 1. The number of non-ortho nitro benzene ring substituents is 1. The predicted molar refractivity (Wildman–Crippen MR) is 147 cm³/mol. The molecule has 1 aliphatic rings. The Morgan fingerprint density at radius 3 is 2.15 bits per heavy atom. The van der Waals surface area contributed by atoms with Crippen molar-refractivity contribution in [3.05, 3.63) is 106 Å². The summed E-state index contributed by atoms with van der Waals surface area (Å²) in [7, 11) is -1.59. The smallest absolute Gasteiger partial charge is 0.269 e. The molecule has 3 aromatic carbocycles. The van der Waals surface area contributed by atoms with Crippen LogP contribution in [0.3, 0.4) is 0 Å². The summed E-state index contributed by atoms with van der Waals surface area (Å²) in [5, 5.41) is 22.4. The molecule has 0 radical (unpaired) electrons. The molecule has 1 heterocycles. The number of hydrogen-bond donors (Lipinski definition) is 1. The Hall–Kier alpha value is -4.59. The summed E-state index contributed by atoms with van der Waals surface area (Å²) in [6.07, 6.45) is -0.395. The number of fused-ring (bicyclic) bond motifs is 1. The first-order valence-corrected chi connectivity index (χ1v) is 13.7. The van der Waals surface area contributed by atoms with Crippen molar-refractivity contribution in [2.45, 2.75) is 23.6 Å². The number of benzene rings is 3. The molecule has 0 aliphatic carbocycles. The summed E-state index contributed by atoms with van der Waals surface area (Å²) in [5.74, 6) is -0.477. The molecule has 0 aromatic heterocycles. The van der Waals surface area contributed by atoms with Crippen LogP contribution < -0.4 is 9.47 Å². The fourth-order valence-electron chi connectivity index (χ4n) is 4.54. The van der Waals surface area contributed by atoms with E-state index in [4.69, 9.17) is 9.47 Å². The Morgan fingerprint density at radius 1 is 1.02 bits per heavy atom. The van der Waals surface area contributed by atoms with Crippen molar-refractivity contribution in [2.75, 3.05) is 20.8 Å². The number of amides is 2. The van der Waals surface area contributed by atoms with Crippen LogP contribution in [0.15, 0.2) is 84.3 Å². The van der Waals surface area contributed by atoms with Crippen LogP contribution in [-0.4, -0.2) is 72.4 Å². The third kappa shape index (κ3) is 5.68. The van der Waals surface area contributed by atoms with Gasteiger partial charge >= 0.3 is 0 Å². The van der Waals surface area contributed by atoms with E-state index in [2.05, 4.69) is 6.58 Å². The second kappa shape index (κ2) is 11.9. The van der Waals surface area contributed by atoms with Crippen molar-refractivity contribution in [3.8, 4) is 11.5 Å². The summed E-state index contributed by atoms with van der Waals surface area (Å²) in [6.45, 7) is 2.87. The van der Waals surface area contributed by atoms with Gasteiger partial charge in [-0.25, -0.2) is 8.42 Å². The van der Waals surface area contributed by atoms with Gasteiger partial charge in [-0.05, 0) is 30.3 Å². The molecule has 214 valence electrons. The molecule has 4 rings (SSSR count). The Kier molecular flexibility index (Phi) is 8.52. The number of ether oxygens (including phenoxy) is 2. The zero-order valence-corrected chi connectivity index (χ0v) is 23.0. The summed E-state index contributed by atoms with van der Waals surface area (Å²) in [4.78, 5) is 36.9. The third-order valence-corrected chi connectivity index (χ3v) is 8.55. The van der Waals surface area contributed by atoms with Crippen molar-refractivity contribution in [1.29, 1.82) is 0 Å². The first-order valence-electron chi connectivity index (χ1n) is 12.3. The first-order chi connectivity index (χ1) is 19.5. The van der Waals surface area contributed by atoms with Crippen LogP contribution in [0.2, 0.25) is 0 Å². The predicted octanol–water partition coefficient (Wildman–Crippen LogP) is 3.01. The second-order valence-corrected chi connectivity index (χ2v) is 10.9. The minimum atomic E-state index is -4.45. The van der Waals surface area contributed by atoms with Crippen LogP contribution in [0.25, 0.3) is 0 Å². The Bertz CT molecular complexity index is 1570. The quantitative estimate of drug-likeness (QED) is 0.147. The van der Waals surface area contributed by atoms with Gasteiger partial charge in [0.1, 0.15) is 11.5 Å². The highest BCUT2D eigenvalue weighted by Gasteiger charge is 2.40. The lowest BCUT2D eigenvalue weighted by molar-refractivity contribution is -0.384. The number of aliphatic hydroxyl groups excluding tert-OH is 1. The highest BCUT2D eigenvalue weighted by Crippen LogP contribution is 2.31. The van der Waals surface area contributed by atoms with E-state index in [1.54, 1.807) is 30.3 Å². The van der Waals surface area contributed by atoms with Gasteiger partial charge in [-0.15, -0.1) is 6.58 Å². The van der Waals surface area contributed by atoms with Crippen molar-refractivity contribution in [1.82, 2.24) is 9.21 Å². The van der Waals surface area contributed by atoms with Gasteiger partial charge in [0.05, 0.1) is 53.9 Å². The third-order valence-electron chi connectivity index (χ3n) is 6.69. The van der Waals surface area contributed by atoms with Gasteiger partial charge in [0.15, 0.2) is 0 Å². The van der Waals surface area contributed by atoms with Crippen LogP contribution in [-0.2, 0) is 16.6 Å². The molecule has 2 amide bonds. The summed E-state index contributed by atoms with van der Waals surface area (Å²) in [5.41, 5.74) is 0.452. The minimum absolute atomic E-state index is 0.179. The lowest BCUT2D eigenvalue weighted by Gasteiger charge is -2.33. The van der Waals surface area contributed by atoms with Gasteiger partial charge in [-0.3, -0.25) is 24.6 Å². The lowest BCUT2D eigenvalue weighted by atomic mass is 10.1. The van der Waals surface area contributed by atoms with E-state index in [1.807, 2.05) is 0 Å². The lowest BCUT2D eigenvalue weighted by Crippen LogP contribution is -2.50. The van der Waals surface area contributed by atoms with Gasteiger partial charge in [0.25, 0.3) is 17.5 Å². The standard InChI is InChI=1S/C28H27N3O9S/c1-4-24(25(32)17-29-27(33)22-7-5-6-8-23(22)28(29)34)30(16-18-9-12-20(39-2)15-26(18)40-3)41(37,38)21-13-10-19(11-14-21)31(35)36/h4-15,24-25,32H,1,16-17H2,2-3H3/t24-,25+/m1/s1. The van der Waals surface area contributed by atoms with E-state index in [1.165, 1.54) is 32.4 Å². The molecule has 13 heteroatoms. The topological polar surface area (TPSA) is 157 Å². The number of aliphatic hydroxyl groups is 1. The zero-order valence-electron chi connectivity index (χ0n) is 22.2. The molecule has 0 bridgehead atoms. The average molecular weight is 582 g/mol. The van der Waals surface area contributed by atoms with Crippen LogP contribution in [0.4, 0.5) is 5.69 Å². The summed E-state index contributed by atoms with van der Waals surface area (Å²) < 4.78 is 39.5. The van der Waals surface area contributed by atoms with Crippen LogP contribution in [0.1, 0.15) is 26.3 Å². The Balaban J connectivity index is 1.73. The molecule has 3 aromatic rings. The molecule has 0 spiro atoms. The maximum atomic E-state index is 14.0. The zero-order chi connectivity index (χ0) is 29.9. The molecular weight excluding hydrogens is 554 g/mol. The molecule has 0 unspecified atom stereocenters. The van der Waals surface area contributed by atoms with Gasteiger partial charge in [0.2, 0.25) is 10.0 Å². The van der Waals surface area contributed by atoms with E-state index >= 15 is 0 Å². The number of imide groups is 1. The molecule has 0 saturated carbocycles. The fourth-order valence-corrected chi connectivity index (χ4v) is 6.15. The first kappa shape index (κ1) is 29.4. The highest BCUT2D eigenvalue weighted by atomic mass is 32.2. The number of hydrogen-bond acceptors (Lipinski definition) is 9. The molecule has 12 nitrogen and oxygen atoms in total. The SMILES string of the molecule is C=C[C@H]([C@@H](O)CN1C(=O)c2ccccc2C1=O)N(Cc1ccc(OC)cc1OC)S(=O)(=O)c1ccc([N+](=O)[O-])cc1. The number of nitro benzene ring substituents is 1. The summed E-state index contributed by atoms with van der Waals surface area (Å²) in [6, 6.07) is 13.9. The van der Waals surface area contributed by atoms with E-state index in [0.29, 0.717) is 17.1 Å². The highest BCUT2D eigenvalue weighted by molar-refractivity contribution is 7.89. The Morgan fingerprint density at radius 2 is 1.63 bits per heavy atom. The summed E-state index contributed by atoms with van der Waals surface area (Å²) >= 11 is 0. The number of nitrogens with zero attached hydrogens (tertiary/aromatic N) is 3. The van der Waals surface area contributed by atoms with Crippen LogP contribution in [0.5, 0.6) is 11.5 Å². The number of carbonyl (C=O) groups excluding carboxylic acids is 2. The number of methoxy groups -OCH3 is 2. The van der Waals surface area contributed by atoms with Gasteiger partial charge in [-0.2, -0.15) is 4.31 Å².